The van der Waals surface area contributed by atoms with Crippen LogP contribution < -0.4 is 0 Å². The standard InChI is InChI=1S/C10H18O3/c1-4-11-9-7-6-8(3)13-10(9)12-5-2/h7-8,10H,4-6H2,1-3H3. The van der Waals surface area contributed by atoms with Crippen molar-refractivity contribution in [2.75, 3.05) is 13.2 Å². The van der Waals surface area contributed by atoms with E-state index in [0.717, 1.165) is 12.2 Å². The van der Waals surface area contributed by atoms with E-state index >= 15 is 0 Å². The van der Waals surface area contributed by atoms with E-state index in [2.05, 4.69) is 6.08 Å². The Labute approximate surface area is 79.7 Å². The fourth-order valence-electron chi connectivity index (χ4n) is 1.28. The Morgan fingerprint density at radius 1 is 1.46 bits per heavy atom. The minimum Gasteiger partial charge on any atom is -0.493 e. The van der Waals surface area contributed by atoms with Gasteiger partial charge in [-0.1, -0.05) is 0 Å². The van der Waals surface area contributed by atoms with Gasteiger partial charge in [-0.05, 0) is 33.3 Å². The molecule has 1 aliphatic heterocycles. The Kier molecular flexibility index (Phi) is 4.25. The molecule has 0 aromatic heterocycles. The SMILES string of the molecule is CCOC1=CCC(C)OC1OCC. The molecule has 3 nitrogen and oxygen atoms in total. The lowest BCUT2D eigenvalue weighted by Crippen LogP contribution is -2.29. The van der Waals surface area contributed by atoms with Crippen LogP contribution in [0.15, 0.2) is 11.8 Å². The van der Waals surface area contributed by atoms with Gasteiger partial charge in [-0.15, -0.1) is 0 Å². The molecule has 0 aliphatic carbocycles. The molecule has 0 amide bonds. The third-order valence-electron chi connectivity index (χ3n) is 1.87. The van der Waals surface area contributed by atoms with Gasteiger partial charge < -0.3 is 14.2 Å². The molecule has 0 bridgehead atoms. The predicted octanol–water partition coefficient (Wildman–Crippen LogP) is 2.08. The van der Waals surface area contributed by atoms with E-state index in [1.165, 1.54) is 0 Å². The summed E-state index contributed by atoms with van der Waals surface area (Å²) in [6.45, 7) is 7.24. The minimum absolute atomic E-state index is 0.223. The van der Waals surface area contributed by atoms with Crippen molar-refractivity contribution < 1.29 is 14.2 Å². The third-order valence-corrected chi connectivity index (χ3v) is 1.87. The Bertz CT molecular complexity index is 177. The lowest BCUT2D eigenvalue weighted by Gasteiger charge is -2.27. The van der Waals surface area contributed by atoms with E-state index in [1.807, 2.05) is 20.8 Å². The molecule has 3 heteroatoms. The molecule has 0 saturated carbocycles. The van der Waals surface area contributed by atoms with Crippen molar-refractivity contribution >= 4 is 0 Å². The molecule has 0 spiro atoms. The molecule has 13 heavy (non-hydrogen) atoms. The quantitative estimate of drug-likeness (QED) is 0.672. The monoisotopic (exact) mass is 186 g/mol. The molecule has 1 rings (SSSR count). The summed E-state index contributed by atoms with van der Waals surface area (Å²) in [6.07, 6.45) is 2.88. The molecular weight excluding hydrogens is 168 g/mol. The predicted molar refractivity (Wildman–Crippen MR) is 50.3 cm³/mol. The van der Waals surface area contributed by atoms with Gasteiger partial charge in [0.15, 0.2) is 0 Å². The van der Waals surface area contributed by atoms with Crippen LogP contribution in [0.3, 0.4) is 0 Å². The average molecular weight is 186 g/mol. The van der Waals surface area contributed by atoms with Gasteiger partial charge in [-0.2, -0.15) is 0 Å². The summed E-state index contributed by atoms with van der Waals surface area (Å²) in [5.74, 6) is 0.822. The van der Waals surface area contributed by atoms with Gasteiger partial charge in [0.1, 0.15) is 5.76 Å². The lowest BCUT2D eigenvalue weighted by atomic mass is 10.2. The average Bonchev–Trinajstić information content (AvgIpc) is 2.10. The van der Waals surface area contributed by atoms with Gasteiger partial charge in [-0.3, -0.25) is 0 Å². The normalized spacial score (nSPS) is 28.4. The molecule has 0 N–H and O–H groups in total. The second-order valence-electron chi connectivity index (χ2n) is 3.01. The smallest absolute Gasteiger partial charge is 0.216 e. The highest BCUT2D eigenvalue weighted by Gasteiger charge is 2.23. The van der Waals surface area contributed by atoms with E-state index in [9.17, 15) is 0 Å². The third kappa shape index (κ3) is 3.01. The second kappa shape index (κ2) is 5.25. The van der Waals surface area contributed by atoms with Crippen molar-refractivity contribution in [1.29, 1.82) is 0 Å². The van der Waals surface area contributed by atoms with Crippen LogP contribution in [-0.4, -0.2) is 25.6 Å². The lowest BCUT2D eigenvalue weighted by molar-refractivity contribution is -0.169. The van der Waals surface area contributed by atoms with E-state index in [4.69, 9.17) is 14.2 Å². The largest absolute Gasteiger partial charge is 0.493 e. The summed E-state index contributed by atoms with van der Waals surface area (Å²) in [5, 5.41) is 0. The van der Waals surface area contributed by atoms with E-state index in [0.29, 0.717) is 13.2 Å². The minimum atomic E-state index is -0.298. The zero-order chi connectivity index (χ0) is 9.68. The highest BCUT2D eigenvalue weighted by molar-refractivity contribution is 5.01. The summed E-state index contributed by atoms with van der Waals surface area (Å²) in [6, 6.07) is 0. The molecule has 0 radical (unpaired) electrons. The fourth-order valence-corrected chi connectivity index (χ4v) is 1.28. The van der Waals surface area contributed by atoms with Crippen LogP contribution in [0.5, 0.6) is 0 Å². The molecule has 0 fully saturated rings. The number of hydrogen-bond donors (Lipinski definition) is 0. The van der Waals surface area contributed by atoms with Crippen molar-refractivity contribution in [3.8, 4) is 0 Å². The van der Waals surface area contributed by atoms with Crippen LogP contribution in [0.1, 0.15) is 27.2 Å². The van der Waals surface area contributed by atoms with E-state index in [-0.39, 0.29) is 12.4 Å². The van der Waals surface area contributed by atoms with E-state index in [1.54, 1.807) is 0 Å². The first kappa shape index (κ1) is 10.5. The first-order valence-electron chi connectivity index (χ1n) is 4.87. The topological polar surface area (TPSA) is 27.7 Å². The molecule has 2 atom stereocenters. The Hall–Kier alpha value is -0.540. The van der Waals surface area contributed by atoms with Gasteiger partial charge in [0.05, 0.1) is 12.7 Å². The maximum Gasteiger partial charge on any atom is 0.216 e. The van der Waals surface area contributed by atoms with Crippen molar-refractivity contribution in [3.05, 3.63) is 11.8 Å². The molecule has 2 unspecified atom stereocenters. The van der Waals surface area contributed by atoms with Crippen LogP contribution in [0, 0.1) is 0 Å². The maximum absolute atomic E-state index is 5.58. The summed E-state index contributed by atoms with van der Waals surface area (Å²) in [5.41, 5.74) is 0. The van der Waals surface area contributed by atoms with Crippen LogP contribution >= 0.6 is 0 Å². The van der Waals surface area contributed by atoms with Crippen molar-refractivity contribution in [2.24, 2.45) is 0 Å². The molecule has 1 aliphatic rings. The zero-order valence-electron chi connectivity index (χ0n) is 8.58. The molecule has 76 valence electrons. The zero-order valence-corrected chi connectivity index (χ0v) is 8.58. The van der Waals surface area contributed by atoms with Gasteiger partial charge in [0.2, 0.25) is 6.29 Å². The summed E-state index contributed by atoms with van der Waals surface area (Å²) >= 11 is 0. The number of hydrogen-bond acceptors (Lipinski definition) is 3. The molecule has 0 aromatic rings. The number of rotatable bonds is 4. The van der Waals surface area contributed by atoms with Crippen LogP contribution in [0.4, 0.5) is 0 Å². The first-order chi connectivity index (χ1) is 6.27. The van der Waals surface area contributed by atoms with Crippen molar-refractivity contribution in [3.63, 3.8) is 0 Å². The van der Waals surface area contributed by atoms with Gasteiger partial charge in [-0.25, -0.2) is 0 Å². The summed E-state index contributed by atoms with van der Waals surface area (Å²) < 4.78 is 16.4. The Morgan fingerprint density at radius 2 is 2.23 bits per heavy atom. The van der Waals surface area contributed by atoms with Crippen LogP contribution in [-0.2, 0) is 14.2 Å². The van der Waals surface area contributed by atoms with Crippen LogP contribution in [0.2, 0.25) is 0 Å². The van der Waals surface area contributed by atoms with Gasteiger partial charge in [0, 0.05) is 6.61 Å². The molecular formula is C10H18O3. The summed E-state index contributed by atoms with van der Waals surface area (Å²) in [4.78, 5) is 0. The summed E-state index contributed by atoms with van der Waals surface area (Å²) in [7, 11) is 0. The van der Waals surface area contributed by atoms with Crippen molar-refractivity contribution in [2.45, 2.75) is 39.6 Å². The second-order valence-corrected chi connectivity index (χ2v) is 3.01. The maximum atomic E-state index is 5.58. The Morgan fingerprint density at radius 3 is 2.85 bits per heavy atom. The molecule has 0 aromatic carbocycles. The highest BCUT2D eigenvalue weighted by Crippen LogP contribution is 2.20. The first-order valence-corrected chi connectivity index (χ1v) is 4.87. The molecule has 1 heterocycles. The van der Waals surface area contributed by atoms with Gasteiger partial charge >= 0.3 is 0 Å². The van der Waals surface area contributed by atoms with Gasteiger partial charge in [0.25, 0.3) is 0 Å². The van der Waals surface area contributed by atoms with E-state index < -0.39 is 0 Å². The number of ether oxygens (including phenoxy) is 3. The van der Waals surface area contributed by atoms with Crippen LogP contribution in [0.25, 0.3) is 0 Å². The Balaban J connectivity index is 2.54. The highest BCUT2D eigenvalue weighted by atomic mass is 16.7. The molecule has 0 saturated heterocycles. The fraction of sp³-hybridized carbons (Fsp3) is 0.800. The van der Waals surface area contributed by atoms with Crippen molar-refractivity contribution in [1.82, 2.24) is 0 Å².